The smallest absolute Gasteiger partial charge is 0.315 e. The Labute approximate surface area is 116 Å². The first kappa shape index (κ1) is 12.5. The SMILES string of the molecule is C[C@@H]1[C@H](C(=O)O)C(c2ccco2)=NN1c1ccccc1. The molecule has 0 saturated carbocycles. The van der Waals surface area contributed by atoms with E-state index >= 15 is 0 Å². The van der Waals surface area contributed by atoms with Crippen molar-refractivity contribution in [3.8, 4) is 0 Å². The van der Waals surface area contributed by atoms with Gasteiger partial charge in [0.25, 0.3) is 0 Å². The van der Waals surface area contributed by atoms with E-state index in [1.807, 2.05) is 37.3 Å². The standard InChI is InChI=1S/C15H14N2O3/c1-10-13(15(18)19)14(12-8-5-9-20-12)16-17(10)11-6-3-2-4-7-11/h2-10,13H,1H3,(H,18,19)/t10-,13+/m1/s1. The van der Waals surface area contributed by atoms with Crippen LogP contribution in [0, 0.1) is 5.92 Å². The van der Waals surface area contributed by atoms with Crippen molar-refractivity contribution in [3.05, 3.63) is 54.5 Å². The van der Waals surface area contributed by atoms with Gasteiger partial charge in [0.2, 0.25) is 0 Å². The minimum absolute atomic E-state index is 0.269. The molecule has 1 aromatic carbocycles. The Morgan fingerprint density at radius 2 is 2.00 bits per heavy atom. The topological polar surface area (TPSA) is 66.0 Å². The van der Waals surface area contributed by atoms with Crippen molar-refractivity contribution >= 4 is 17.4 Å². The van der Waals surface area contributed by atoms with E-state index in [1.165, 1.54) is 6.26 Å². The maximum absolute atomic E-state index is 11.5. The van der Waals surface area contributed by atoms with Crippen LogP contribution in [0.25, 0.3) is 0 Å². The number of nitrogens with zero attached hydrogens (tertiary/aromatic N) is 2. The third-order valence-electron chi connectivity index (χ3n) is 3.44. The first-order valence-electron chi connectivity index (χ1n) is 6.38. The van der Waals surface area contributed by atoms with E-state index in [0.29, 0.717) is 11.5 Å². The number of anilines is 1. The molecular formula is C15H14N2O3. The van der Waals surface area contributed by atoms with Crippen LogP contribution in [-0.4, -0.2) is 22.8 Å². The van der Waals surface area contributed by atoms with Crippen LogP contribution in [-0.2, 0) is 4.79 Å². The maximum Gasteiger partial charge on any atom is 0.315 e. The summed E-state index contributed by atoms with van der Waals surface area (Å²) in [5, 5.41) is 15.7. The summed E-state index contributed by atoms with van der Waals surface area (Å²) in [5.41, 5.74) is 1.33. The van der Waals surface area contributed by atoms with Gasteiger partial charge in [0.15, 0.2) is 5.76 Å². The number of carboxylic acids is 1. The lowest BCUT2D eigenvalue weighted by atomic mass is 9.95. The highest BCUT2D eigenvalue weighted by molar-refractivity contribution is 6.12. The highest BCUT2D eigenvalue weighted by atomic mass is 16.4. The van der Waals surface area contributed by atoms with Gasteiger partial charge in [0, 0.05) is 0 Å². The fourth-order valence-electron chi connectivity index (χ4n) is 2.46. The summed E-state index contributed by atoms with van der Waals surface area (Å²) in [5.74, 6) is -1.10. The van der Waals surface area contributed by atoms with E-state index in [-0.39, 0.29) is 6.04 Å². The minimum Gasteiger partial charge on any atom is -0.481 e. The van der Waals surface area contributed by atoms with Crippen molar-refractivity contribution < 1.29 is 14.3 Å². The first-order valence-corrected chi connectivity index (χ1v) is 6.38. The fraction of sp³-hybridized carbons (Fsp3) is 0.200. The number of para-hydroxylation sites is 1. The molecule has 0 unspecified atom stereocenters. The van der Waals surface area contributed by atoms with Crippen molar-refractivity contribution in [3.63, 3.8) is 0 Å². The molecule has 0 bridgehead atoms. The van der Waals surface area contributed by atoms with Gasteiger partial charge in [0.1, 0.15) is 11.6 Å². The number of carboxylic acid groups (broad SMARTS) is 1. The van der Waals surface area contributed by atoms with E-state index in [2.05, 4.69) is 5.10 Å². The molecular weight excluding hydrogens is 256 g/mol. The molecule has 0 amide bonds. The highest BCUT2D eigenvalue weighted by Gasteiger charge is 2.41. The largest absolute Gasteiger partial charge is 0.481 e. The number of aliphatic carboxylic acids is 1. The number of rotatable bonds is 3. The first-order chi connectivity index (χ1) is 9.68. The summed E-state index contributed by atoms with van der Waals surface area (Å²) >= 11 is 0. The van der Waals surface area contributed by atoms with Gasteiger partial charge in [-0.1, -0.05) is 18.2 Å². The molecule has 5 heteroatoms. The van der Waals surface area contributed by atoms with Gasteiger partial charge >= 0.3 is 5.97 Å². The summed E-state index contributed by atoms with van der Waals surface area (Å²) in [6, 6.07) is 12.7. The monoisotopic (exact) mass is 270 g/mol. The maximum atomic E-state index is 11.5. The zero-order valence-electron chi connectivity index (χ0n) is 10.9. The van der Waals surface area contributed by atoms with Gasteiger partial charge < -0.3 is 9.52 Å². The number of furan rings is 1. The van der Waals surface area contributed by atoms with Crippen LogP contribution < -0.4 is 5.01 Å². The van der Waals surface area contributed by atoms with Crippen LogP contribution in [0.15, 0.2) is 58.2 Å². The van der Waals surface area contributed by atoms with Gasteiger partial charge in [-0.05, 0) is 31.2 Å². The molecule has 0 aliphatic carbocycles. The average Bonchev–Trinajstić information content (AvgIpc) is 3.06. The second kappa shape index (κ2) is 4.85. The molecule has 1 aromatic heterocycles. The molecule has 1 aliphatic heterocycles. The summed E-state index contributed by atoms with van der Waals surface area (Å²) in [6.07, 6.45) is 1.52. The fourth-order valence-corrected chi connectivity index (χ4v) is 2.46. The molecule has 2 heterocycles. The van der Waals surface area contributed by atoms with E-state index in [9.17, 15) is 9.90 Å². The Balaban J connectivity index is 2.04. The third kappa shape index (κ3) is 1.97. The zero-order chi connectivity index (χ0) is 14.1. The Hall–Kier alpha value is -2.56. The van der Waals surface area contributed by atoms with Gasteiger partial charge in [-0.2, -0.15) is 5.10 Å². The van der Waals surface area contributed by atoms with E-state index in [1.54, 1.807) is 17.1 Å². The molecule has 0 fully saturated rings. The molecule has 0 spiro atoms. The van der Waals surface area contributed by atoms with Crippen LogP contribution in [0.5, 0.6) is 0 Å². The van der Waals surface area contributed by atoms with Crippen LogP contribution in [0.3, 0.4) is 0 Å². The molecule has 3 rings (SSSR count). The quantitative estimate of drug-likeness (QED) is 0.931. The predicted molar refractivity (Wildman–Crippen MR) is 74.8 cm³/mol. The van der Waals surface area contributed by atoms with Gasteiger partial charge in [0.05, 0.1) is 18.0 Å². The molecule has 1 N–H and O–H groups in total. The number of hydrazone groups is 1. The van der Waals surface area contributed by atoms with Crippen LogP contribution in [0.2, 0.25) is 0 Å². The lowest BCUT2D eigenvalue weighted by molar-refractivity contribution is -0.139. The average molecular weight is 270 g/mol. The van der Waals surface area contributed by atoms with Crippen molar-refractivity contribution in [1.82, 2.24) is 0 Å². The second-order valence-corrected chi connectivity index (χ2v) is 4.70. The van der Waals surface area contributed by atoms with Crippen molar-refractivity contribution in [2.45, 2.75) is 13.0 Å². The molecule has 20 heavy (non-hydrogen) atoms. The highest BCUT2D eigenvalue weighted by Crippen LogP contribution is 2.30. The summed E-state index contributed by atoms with van der Waals surface area (Å²) in [6.45, 7) is 1.85. The Morgan fingerprint density at radius 3 is 2.60 bits per heavy atom. The molecule has 1 aliphatic rings. The van der Waals surface area contributed by atoms with Crippen molar-refractivity contribution in [1.29, 1.82) is 0 Å². The second-order valence-electron chi connectivity index (χ2n) is 4.70. The van der Waals surface area contributed by atoms with E-state index in [4.69, 9.17) is 4.42 Å². The Morgan fingerprint density at radius 1 is 1.25 bits per heavy atom. The normalized spacial score (nSPS) is 21.9. The molecule has 2 aromatic rings. The van der Waals surface area contributed by atoms with Gasteiger partial charge in [-0.25, -0.2) is 0 Å². The molecule has 5 nitrogen and oxygen atoms in total. The number of carbonyl (C=O) groups is 1. The summed E-state index contributed by atoms with van der Waals surface area (Å²) in [7, 11) is 0. The minimum atomic E-state index is -0.897. The Kier molecular flexibility index (Phi) is 3.02. The van der Waals surface area contributed by atoms with Gasteiger partial charge in [-0.3, -0.25) is 9.80 Å². The summed E-state index contributed by atoms with van der Waals surface area (Å²) < 4.78 is 5.31. The van der Waals surface area contributed by atoms with Crippen LogP contribution in [0.1, 0.15) is 12.7 Å². The van der Waals surface area contributed by atoms with Crippen molar-refractivity contribution in [2.75, 3.05) is 5.01 Å². The predicted octanol–water partition coefficient (Wildman–Crippen LogP) is 2.59. The Bertz CT molecular complexity index is 634. The molecule has 2 atom stereocenters. The van der Waals surface area contributed by atoms with E-state index < -0.39 is 11.9 Å². The lowest BCUT2D eigenvalue weighted by Gasteiger charge is -2.22. The van der Waals surface area contributed by atoms with Gasteiger partial charge in [-0.15, -0.1) is 0 Å². The number of hydrogen-bond acceptors (Lipinski definition) is 4. The molecule has 0 saturated heterocycles. The third-order valence-corrected chi connectivity index (χ3v) is 3.44. The molecule has 0 radical (unpaired) electrons. The van der Waals surface area contributed by atoms with Crippen LogP contribution >= 0.6 is 0 Å². The number of hydrogen-bond donors (Lipinski definition) is 1. The molecule has 102 valence electrons. The van der Waals surface area contributed by atoms with Crippen LogP contribution in [0.4, 0.5) is 5.69 Å². The van der Waals surface area contributed by atoms with Crippen molar-refractivity contribution in [2.24, 2.45) is 11.0 Å². The van der Waals surface area contributed by atoms with E-state index in [0.717, 1.165) is 5.69 Å². The lowest BCUT2D eigenvalue weighted by Crippen LogP contribution is -2.35. The number of benzene rings is 1. The zero-order valence-corrected chi connectivity index (χ0v) is 10.9. The summed E-state index contributed by atoms with van der Waals surface area (Å²) in [4.78, 5) is 11.5.